The fraction of sp³-hybridized carbons (Fsp3) is 0.200. The monoisotopic (exact) mass is 385 g/mol. The average Bonchev–Trinajstić information content (AvgIpc) is 2.39. The molecular formula is C15H14Br2FN. The van der Waals surface area contributed by atoms with Crippen LogP contribution in [0.15, 0.2) is 51.4 Å². The Bertz CT molecular complexity index is 555. The van der Waals surface area contributed by atoms with Crippen LogP contribution in [0.3, 0.4) is 0 Å². The molecule has 2 rings (SSSR count). The lowest BCUT2D eigenvalue weighted by atomic mass is 10.0. The van der Waals surface area contributed by atoms with Gasteiger partial charge in [0.25, 0.3) is 0 Å². The van der Waals surface area contributed by atoms with Crippen LogP contribution in [-0.4, -0.2) is 0 Å². The Labute approximate surface area is 129 Å². The highest BCUT2D eigenvalue weighted by Crippen LogP contribution is 2.29. The number of rotatable bonds is 4. The molecule has 1 atom stereocenters. The molecule has 4 heteroatoms. The minimum atomic E-state index is -0.242. The van der Waals surface area contributed by atoms with Gasteiger partial charge in [0.15, 0.2) is 0 Å². The van der Waals surface area contributed by atoms with Gasteiger partial charge >= 0.3 is 0 Å². The molecule has 1 nitrogen and oxygen atoms in total. The molecule has 0 spiro atoms. The van der Waals surface area contributed by atoms with Crippen molar-refractivity contribution in [2.24, 2.45) is 0 Å². The number of hydrogen-bond acceptors (Lipinski definition) is 1. The van der Waals surface area contributed by atoms with Crippen LogP contribution in [0.5, 0.6) is 0 Å². The molecular weight excluding hydrogens is 373 g/mol. The summed E-state index contributed by atoms with van der Waals surface area (Å²) in [5.41, 5.74) is 2.11. The number of benzene rings is 2. The molecule has 0 saturated carbocycles. The summed E-state index contributed by atoms with van der Waals surface area (Å²) in [6, 6.07) is 13.1. The Morgan fingerprint density at radius 3 is 2.37 bits per heavy atom. The van der Waals surface area contributed by atoms with Gasteiger partial charge in [-0.2, -0.15) is 0 Å². The highest BCUT2D eigenvalue weighted by atomic mass is 79.9. The third-order valence-corrected chi connectivity index (χ3v) is 4.13. The summed E-state index contributed by atoms with van der Waals surface area (Å²) in [5, 5.41) is 3.43. The summed E-state index contributed by atoms with van der Waals surface area (Å²) < 4.78 is 14.9. The Hall–Kier alpha value is -0.870. The predicted molar refractivity (Wildman–Crippen MR) is 84.9 cm³/mol. The molecule has 0 aliphatic heterocycles. The van der Waals surface area contributed by atoms with Gasteiger partial charge in [-0.05, 0) is 58.2 Å². The highest BCUT2D eigenvalue weighted by Gasteiger charge is 2.11. The first kappa shape index (κ1) is 14.5. The number of nitrogens with one attached hydrogen (secondary N) is 1. The van der Waals surface area contributed by atoms with Crippen molar-refractivity contribution in [2.75, 3.05) is 5.32 Å². The minimum absolute atomic E-state index is 0.204. The smallest absolute Gasteiger partial charge is 0.124 e. The van der Waals surface area contributed by atoms with Crippen molar-refractivity contribution < 1.29 is 4.39 Å². The topological polar surface area (TPSA) is 12.0 Å². The molecule has 19 heavy (non-hydrogen) atoms. The Morgan fingerprint density at radius 2 is 1.79 bits per heavy atom. The van der Waals surface area contributed by atoms with Crippen LogP contribution in [-0.2, 0) is 0 Å². The Balaban J connectivity index is 2.21. The quantitative estimate of drug-likeness (QED) is 0.688. The van der Waals surface area contributed by atoms with E-state index in [9.17, 15) is 4.39 Å². The van der Waals surface area contributed by atoms with Gasteiger partial charge in [0.05, 0.1) is 6.04 Å². The lowest BCUT2D eigenvalue weighted by Gasteiger charge is -2.20. The molecule has 0 bridgehead atoms. The second kappa shape index (κ2) is 6.53. The van der Waals surface area contributed by atoms with Crippen molar-refractivity contribution >= 4 is 37.5 Å². The number of halogens is 3. The predicted octanol–water partition coefficient (Wildman–Crippen LogP) is 5.91. The van der Waals surface area contributed by atoms with E-state index >= 15 is 0 Å². The SMILES string of the molecule is CCC(Nc1ccc(F)cc1Br)c1ccc(Br)cc1. The van der Waals surface area contributed by atoms with Crippen LogP contribution in [0.25, 0.3) is 0 Å². The molecule has 0 aliphatic carbocycles. The summed E-state index contributed by atoms with van der Waals surface area (Å²) in [5.74, 6) is -0.242. The maximum Gasteiger partial charge on any atom is 0.124 e. The maximum absolute atomic E-state index is 13.1. The van der Waals surface area contributed by atoms with E-state index in [1.54, 1.807) is 6.07 Å². The van der Waals surface area contributed by atoms with E-state index < -0.39 is 0 Å². The van der Waals surface area contributed by atoms with Crippen LogP contribution in [0.2, 0.25) is 0 Å². The van der Waals surface area contributed by atoms with Crippen LogP contribution in [0, 0.1) is 5.82 Å². The van der Waals surface area contributed by atoms with Crippen molar-refractivity contribution in [1.29, 1.82) is 0 Å². The molecule has 100 valence electrons. The zero-order valence-corrected chi connectivity index (χ0v) is 13.6. The van der Waals surface area contributed by atoms with Crippen molar-refractivity contribution in [3.63, 3.8) is 0 Å². The first-order chi connectivity index (χ1) is 9.10. The number of anilines is 1. The van der Waals surface area contributed by atoms with E-state index in [4.69, 9.17) is 0 Å². The van der Waals surface area contributed by atoms with Gasteiger partial charge in [-0.25, -0.2) is 4.39 Å². The normalized spacial score (nSPS) is 12.2. The first-order valence-corrected chi connectivity index (χ1v) is 7.66. The third kappa shape index (κ3) is 3.80. The molecule has 0 fully saturated rings. The first-order valence-electron chi connectivity index (χ1n) is 6.07. The molecule has 1 N–H and O–H groups in total. The van der Waals surface area contributed by atoms with Gasteiger partial charge in [-0.15, -0.1) is 0 Å². The molecule has 2 aromatic rings. The van der Waals surface area contributed by atoms with Crippen molar-refractivity contribution in [1.82, 2.24) is 0 Å². The zero-order valence-electron chi connectivity index (χ0n) is 10.5. The van der Waals surface area contributed by atoms with E-state index in [-0.39, 0.29) is 11.9 Å². The summed E-state index contributed by atoms with van der Waals surface area (Å²) in [7, 11) is 0. The van der Waals surface area contributed by atoms with Gasteiger partial charge in [-0.3, -0.25) is 0 Å². The van der Waals surface area contributed by atoms with E-state index in [2.05, 4.69) is 56.2 Å². The number of hydrogen-bond donors (Lipinski definition) is 1. The molecule has 0 saturated heterocycles. The van der Waals surface area contributed by atoms with Crippen molar-refractivity contribution in [2.45, 2.75) is 19.4 Å². The Morgan fingerprint density at radius 1 is 1.11 bits per heavy atom. The van der Waals surface area contributed by atoms with Crippen LogP contribution >= 0.6 is 31.9 Å². The zero-order chi connectivity index (χ0) is 13.8. The van der Waals surface area contributed by atoms with Crippen molar-refractivity contribution in [3.8, 4) is 0 Å². The molecule has 0 aromatic heterocycles. The molecule has 0 amide bonds. The summed E-state index contributed by atoms with van der Waals surface area (Å²) >= 11 is 6.81. The van der Waals surface area contributed by atoms with Gasteiger partial charge < -0.3 is 5.32 Å². The second-order valence-corrected chi connectivity index (χ2v) is 6.05. The Kier molecular flexibility index (Phi) is 4.99. The standard InChI is InChI=1S/C15H14Br2FN/c1-2-14(10-3-5-11(16)6-4-10)19-15-8-7-12(18)9-13(15)17/h3-9,14,19H,2H2,1H3. The largest absolute Gasteiger partial charge is 0.377 e. The minimum Gasteiger partial charge on any atom is -0.377 e. The van der Waals surface area contributed by atoms with Gasteiger partial charge in [0.2, 0.25) is 0 Å². The lowest BCUT2D eigenvalue weighted by Crippen LogP contribution is -2.10. The van der Waals surface area contributed by atoms with Crippen LogP contribution in [0.1, 0.15) is 24.9 Å². The second-order valence-electron chi connectivity index (χ2n) is 4.28. The fourth-order valence-corrected chi connectivity index (χ4v) is 2.64. The molecule has 0 aliphatic rings. The summed E-state index contributed by atoms with van der Waals surface area (Å²) in [4.78, 5) is 0. The van der Waals surface area contributed by atoms with Gasteiger partial charge in [0.1, 0.15) is 5.82 Å². The van der Waals surface area contributed by atoms with E-state index in [0.717, 1.165) is 21.1 Å². The third-order valence-electron chi connectivity index (χ3n) is 2.94. The van der Waals surface area contributed by atoms with E-state index in [1.807, 2.05) is 12.1 Å². The molecule has 1 unspecified atom stereocenters. The summed E-state index contributed by atoms with van der Waals surface area (Å²) in [6.07, 6.45) is 0.950. The van der Waals surface area contributed by atoms with E-state index in [0.29, 0.717) is 0 Å². The maximum atomic E-state index is 13.1. The van der Waals surface area contributed by atoms with Crippen LogP contribution < -0.4 is 5.32 Å². The van der Waals surface area contributed by atoms with Crippen molar-refractivity contribution in [3.05, 3.63) is 62.8 Å². The molecule has 0 heterocycles. The average molecular weight is 387 g/mol. The summed E-state index contributed by atoms with van der Waals surface area (Å²) in [6.45, 7) is 2.12. The van der Waals surface area contributed by atoms with Gasteiger partial charge in [0, 0.05) is 14.6 Å². The fourth-order valence-electron chi connectivity index (χ4n) is 1.91. The van der Waals surface area contributed by atoms with Crippen LogP contribution in [0.4, 0.5) is 10.1 Å². The molecule has 2 aromatic carbocycles. The van der Waals surface area contributed by atoms with Gasteiger partial charge in [-0.1, -0.05) is 35.0 Å². The van der Waals surface area contributed by atoms with E-state index in [1.165, 1.54) is 17.7 Å². The highest BCUT2D eigenvalue weighted by molar-refractivity contribution is 9.10. The lowest BCUT2D eigenvalue weighted by molar-refractivity contribution is 0.627. The molecule has 0 radical (unpaired) electrons.